The van der Waals surface area contributed by atoms with E-state index in [-0.39, 0.29) is 0 Å². The molecule has 3 N–H and O–H groups in total. The molecule has 1 heterocycles. The molecule has 1 rings (SSSR count). The first-order chi connectivity index (χ1) is 8.06. The van der Waals surface area contributed by atoms with Gasteiger partial charge in [-0.05, 0) is 12.8 Å². The molecule has 1 amide bonds. The Morgan fingerprint density at radius 2 is 2.06 bits per heavy atom. The largest absolute Gasteiger partial charge is 0.351 e. The van der Waals surface area contributed by atoms with Crippen molar-refractivity contribution in [3.8, 4) is 0 Å². The molecule has 6 nitrogen and oxygen atoms in total. The summed E-state index contributed by atoms with van der Waals surface area (Å²) in [5, 5.41) is 0. The normalized spacial score (nSPS) is 10.4. The van der Waals surface area contributed by atoms with Crippen LogP contribution < -0.4 is 17.0 Å². The smallest absolute Gasteiger partial charge is 0.336 e. The molecule has 0 saturated heterocycles. The van der Waals surface area contributed by atoms with Gasteiger partial charge in [0.25, 0.3) is 5.56 Å². The third-order valence-electron chi connectivity index (χ3n) is 2.55. The second-order valence-corrected chi connectivity index (χ2v) is 3.93. The maximum absolute atomic E-state index is 11.5. The second-order valence-electron chi connectivity index (χ2n) is 3.93. The van der Waals surface area contributed by atoms with Crippen LogP contribution in [-0.4, -0.2) is 15.6 Å². The minimum atomic E-state index is -0.888. The molecule has 0 fully saturated rings. The van der Waals surface area contributed by atoms with Crippen LogP contribution in [0.2, 0.25) is 0 Å². The number of H-pyrrole nitrogens is 1. The number of carbonyl (C=O) groups is 1. The van der Waals surface area contributed by atoms with Gasteiger partial charge in [0.05, 0.1) is 0 Å². The van der Waals surface area contributed by atoms with Crippen LogP contribution in [0.3, 0.4) is 0 Å². The predicted molar refractivity (Wildman–Crippen MR) is 64.2 cm³/mol. The molecule has 6 heteroatoms. The monoisotopic (exact) mass is 239 g/mol. The van der Waals surface area contributed by atoms with E-state index >= 15 is 0 Å². The van der Waals surface area contributed by atoms with E-state index < -0.39 is 17.3 Å². The number of amides is 1. The first-order valence-electron chi connectivity index (χ1n) is 5.71. The Morgan fingerprint density at radius 1 is 1.35 bits per heavy atom. The Balaban J connectivity index is 2.85. The maximum atomic E-state index is 11.5. The van der Waals surface area contributed by atoms with Gasteiger partial charge in [-0.3, -0.25) is 9.78 Å². The molecule has 1 aromatic rings. The summed E-state index contributed by atoms with van der Waals surface area (Å²) in [4.78, 5) is 35.7. The van der Waals surface area contributed by atoms with Crippen molar-refractivity contribution >= 4 is 6.03 Å². The van der Waals surface area contributed by atoms with Crippen molar-refractivity contribution in [2.45, 2.75) is 39.0 Å². The number of nitrogens with one attached hydrogen (secondary N) is 1. The molecule has 1 aromatic heterocycles. The highest BCUT2D eigenvalue weighted by molar-refractivity contribution is 5.74. The van der Waals surface area contributed by atoms with Gasteiger partial charge in [-0.1, -0.05) is 26.2 Å². The Kier molecular flexibility index (Phi) is 4.68. The van der Waals surface area contributed by atoms with Crippen molar-refractivity contribution in [2.24, 2.45) is 5.73 Å². The third-order valence-corrected chi connectivity index (χ3v) is 2.55. The number of unbranched alkanes of at least 4 members (excludes halogenated alkanes) is 3. The summed E-state index contributed by atoms with van der Waals surface area (Å²) in [6, 6.07) is -0.888. The first-order valence-corrected chi connectivity index (χ1v) is 5.71. The highest BCUT2D eigenvalue weighted by Gasteiger charge is 2.07. The van der Waals surface area contributed by atoms with E-state index in [4.69, 9.17) is 5.73 Å². The lowest BCUT2D eigenvalue weighted by atomic mass is 10.1. The van der Waals surface area contributed by atoms with E-state index in [9.17, 15) is 14.4 Å². The zero-order chi connectivity index (χ0) is 12.8. The van der Waals surface area contributed by atoms with Crippen molar-refractivity contribution < 1.29 is 4.79 Å². The van der Waals surface area contributed by atoms with Gasteiger partial charge in [-0.15, -0.1) is 0 Å². The minimum Gasteiger partial charge on any atom is -0.351 e. The van der Waals surface area contributed by atoms with E-state index in [2.05, 4.69) is 11.9 Å². The van der Waals surface area contributed by atoms with E-state index in [0.717, 1.165) is 30.3 Å². The fourth-order valence-electron chi connectivity index (χ4n) is 1.59. The quantitative estimate of drug-likeness (QED) is 0.735. The summed E-state index contributed by atoms with van der Waals surface area (Å²) in [7, 11) is 0. The summed E-state index contributed by atoms with van der Waals surface area (Å²) in [6.45, 7) is 2.10. The van der Waals surface area contributed by atoms with E-state index in [1.807, 2.05) is 0 Å². The number of carbonyl (C=O) groups excluding carboxylic acids is 1. The predicted octanol–water partition coefficient (Wildman–Crippen LogP) is 0.586. The molecule has 0 aromatic carbocycles. The van der Waals surface area contributed by atoms with Crippen molar-refractivity contribution in [1.82, 2.24) is 9.55 Å². The van der Waals surface area contributed by atoms with E-state index in [1.54, 1.807) is 0 Å². The van der Waals surface area contributed by atoms with Gasteiger partial charge in [0.15, 0.2) is 0 Å². The second kappa shape index (κ2) is 6.03. The molecular weight excluding hydrogens is 222 g/mol. The molecule has 0 saturated carbocycles. The van der Waals surface area contributed by atoms with E-state index in [1.165, 1.54) is 6.20 Å². The highest BCUT2D eigenvalue weighted by atomic mass is 16.2. The number of primary amides is 1. The summed E-state index contributed by atoms with van der Waals surface area (Å²) in [5.41, 5.74) is 4.20. The number of nitrogens with zero attached hydrogens (tertiary/aromatic N) is 1. The average Bonchev–Trinajstić information content (AvgIpc) is 2.26. The van der Waals surface area contributed by atoms with Crippen LogP contribution >= 0.6 is 0 Å². The average molecular weight is 239 g/mol. The molecular formula is C11H17N3O3. The summed E-state index contributed by atoms with van der Waals surface area (Å²) >= 11 is 0. The van der Waals surface area contributed by atoms with Crippen molar-refractivity contribution in [3.05, 3.63) is 32.6 Å². The number of hydrogen-bond acceptors (Lipinski definition) is 3. The summed E-state index contributed by atoms with van der Waals surface area (Å²) in [6.07, 6.45) is 5.86. The van der Waals surface area contributed by atoms with Crippen molar-refractivity contribution in [3.63, 3.8) is 0 Å². The summed E-state index contributed by atoms with van der Waals surface area (Å²) in [5.74, 6) is 0. The fourth-order valence-corrected chi connectivity index (χ4v) is 1.59. The van der Waals surface area contributed by atoms with Crippen molar-refractivity contribution in [2.75, 3.05) is 0 Å². The number of hydrogen-bond donors (Lipinski definition) is 2. The Hall–Kier alpha value is -1.85. The van der Waals surface area contributed by atoms with Gasteiger partial charge in [0, 0.05) is 11.8 Å². The van der Waals surface area contributed by atoms with Crippen LogP contribution in [0, 0.1) is 0 Å². The molecule has 0 bridgehead atoms. The van der Waals surface area contributed by atoms with Gasteiger partial charge < -0.3 is 5.73 Å². The Labute approximate surface area is 98.5 Å². The molecule has 17 heavy (non-hydrogen) atoms. The SMILES string of the molecule is CCCCCCc1cn(C(N)=O)c(=O)[nH]c1=O. The highest BCUT2D eigenvalue weighted by Crippen LogP contribution is 2.03. The minimum absolute atomic E-state index is 0.416. The van der Waals surface area contributed by atoms with Crippen LogP contribution in [0.15, 0.2) is 15.8 Å². The lowest BCUT2D eigenvalue weighted by Gasteiger charge is -2.03. The Bertz CT molecular complexity index is 501. The number of rotatable bonds is 5. The molecule has 0 radical (unpaired) electrons. The van der Waals surface area contributed by atoms with Crippen LogP contribution in [0.1, 0.15) is 38.2 Å². The van der Waals surface area contributed by atoms with Gasteiger partial charge in [-0.25, -0.2) is 14.2 Å². The number of nitrogens with two attached hydrogens (primary N) is 1. The van der Waals surface area contributed by atoms with Crippen LogP contribution in [0.25, 0.3) is 0 Å². The van der Waals surface area contributed by atoms with Crippen molar-refractivity contribution in [1.29, 1.82) is 0 Å². The van der Waals surface area contributed by atoms with Gasteiger partial charge >= 0.3 is 11.7 Å². The van der Waals surface area contributed by atoms with Gasteiger partial charge in [0.2, 0.25) is 0 Å². The number of aromatic nitrogens is 2. The number of aryl methyl sites for hydroxylation is 1. The van der Waals surface area contributed by atoms with Gasteiger partial charge in [0.1, 0.15) is 0 Å². The third kappa shape index (κ3) is 3.58. The van der Waals surface area contributed by atoms with Crippen LogP contribution in [0.5, 0.6) is 0 Å². The lowest BCUT2D eigenvalue weighted by molar-refractivity contribution is 0.249. The van der Waals surface area contributed by atoms with Crippen LogP contribution in [-0.2, 0) is 6.42 Å². The first kappa shape index (κ1) is 13.2. The molecule has 94 valence electrons. The molecule has 0 aliphatic rings. The topological polar surface area (TPSA) is 97.9 Å². The molecule has 0 spiro atoms. The maximum Gasteiger partial charge on any atom is 0.336 e. The fraction of sp³-hybridized carbons (Fsp3) is 0.545. The Morgan fingerprint density at radius 3 is 2.65 bits per heavy atom. The number of aromatic amines is 1. The lowest BCUT2D eigenvalue weighted by Crippen LogP contribution is -2.38. The molecule has 0 aliphatic carbocycles. The van der Waals surface area contributed by atoms with Crippen LogP contribution in [0.4, 0.5) is 4.79 Å². The standard InChI is InChI=1S/C11H17N3O3/c1-2-3-4-5-6-8-7-14(10(12)16)11(17)13-9(8)15/h7H,2-6H2,1H3,(H2,12,16)(H,13,15,17). The zero-order valence-electron chi connectivity index (χ0n) is 9.86. The molecule has 0 aliphatic heterocycles. The zero-order valence-corrected chi connectivity index (χ0v) is 9.86. The van der Waals surface area contributed by atoms with E-state index in [0.29, 0.717) is 12.0 Å². The van der Waals surface area contributed by atoms with Gasteiger partial charge in [-0.2, -0.15) is 0 Å². The summed E-state index contributed by atoms with van der Waals surface area (Å²) < 4.78 is 0.719. The molecule has 0 unspecified atom stereocenters. The molecule has 0 atom stereocenters.